The molecule has 0 bridgehead atoms. The molecule has 120 valence electrons. The van der Waals surface area contributed by atoms with E-state index in [9.17, 15) is 24.3 Å². The van der Waals surface area contributed by atoms with Crippen molar-refractivity contribution < 1.29 is 24.3 Å². The lowest BCUT2D eigenvalue weighted by atomic mass is 10.0. The number of hydrogen-bond donors (Lipinski definition) is 1. The van der Waals surface area contributed by atoms with Crippen LogP contribution in [0.15, 0.2) is 42.5 Å². The number of carbonyl (C=O) groups excluding carboxylic acids is 4. The molecule has 0 atom stereocenters. The molecule has 1 aliphatic heterocycles. The van der Waals surface area contributed by atoms with Gasteiger partial charge in [-0.05, 0) is 24.3 Å². The highest BCUT2D eigenvalue weighted by molar-refractivity contribution is 6.22. The normalized spacial score (nSPS) is 13.0. The number of carboxylic acids is 1. The summed E-state index contributed by atoms with van der Waals surface area (Å²) in [6, 6.07) is 9.94. The zero-order valence-electron chi connectivity index (χ0n) is 12.5. The van der Waals surface area contributed by atoms with E-state index in [0.29, 0.717) is 0 Å². The van der Waals surface area contributed by atoms with E-state index in [1.165, 1.54) is 43.4 Å². The minimum absolute atomic E-state index is 0.0857. The molecule has 1 N–H and O–H groups in total. The van der Waals surface area contributed by atoms with Crippen molar-refractivity contribution >= 4 is 29.4 Å². The van der Waals surface area contributed by atoms with E-state index in [2.05, 4.69) is 5.32 Å². The Morgan fingerprint density at radius 2 is 1.67 bits per heavy atom. The van der Waals surface area contributed by atoms with Gasteiger partial charge in [0.25, 0.3) is 17.7 Å². The van der Waals surface area contributed by atoms with Crippen LogP contribution >= 0.6 is 0 Å². The maximum absolute atomic E-state index is 12.3. The third-order valence-electron chi connectivity index (χ3n) is 3.75. The first-order valence-corrected chi connectivity index (χ1v) is 6.98. The summed E-state index contributed by atoms with van der Waals surface area (Å²) in [7, 11) is 1.36. The Morgan fingerprint density at radius 1 is 1.00 bits per heavy atom. The predicted molar refractivity (Wildman–Crippen MR) is 81.6 cm³/mol. The molecule has 2 aromatic rings. The lowest BCUT2D eigenvalue weighted by Gasteiger charge is -2.11. The van der Waals surface area contributed by atoms with Gasteiger partial charge in [0.2, 0.25) is 0 Å². The molecule has 2 aromatic carbocycles. The van der Waals surface area contributed by atoms with Gasteiger partial charge in [-0.3, -0.25) is 19.3 Å². The van der Waals surface area contributed by atoms with Gasteiger partial charge in [-0.15, -0.1) is 0 Å². The van der Waals surface area contributed by atoms with Crippen molar-refractivity contribution in [3.8, 4) is 0 Å². The average molecular weight is 323 g/mol. The van der Waals surface area contributed by atoms with Gasteiger partial charge in [0.15, 0.2) is 0 Å². The van der Waals surface area contributed by atoms with Crippen molar-refractivity contribution in [2.75, 3.05) is 12.4 Å². The smallest absolute Gasteiger partial charge is 0.261 e. The molecule has 1 aliphatic rings. The average Bonchev–Trinajstić information content (AvgIpc) is 2.79. The number of fused-ring (bicyclic) bond motifs is 1. The minimum Gasteiger partial charge on any atom is -0.545 e. The van der Waals surface area contributed by atoms with Crippen molar-refractivity contribution in [1.82, 2.24) is 4.90 Å². The summed E-state index contributed by atoms with van der Waals surface area (Å²) in [6.45, 7) is 0. The third kappa shape index (κ3) is 2.41. The largest absolute Gasteiger partial charge is 0.545 e. The summed E-state index contributed by atoms with van der Waals surface area (Å²) < 4.78 is 0. The van der Waals surface area contributed by atoms with Gasteiger partial charge in [0, 0.05) is 18.2 Å². The van der Waals surface area contributed by atoms with Crippen LogP contribution in [0.1, 0.15) is 41.4 Å². The summed E-state index contributed by atoms with van der Waals surface area (Å²) in [5.41, 5.74) is 0.441. The lowest BCUT2D eigenvalue weighted by molar-refractivity contribution is -0.254. The molecule has 0 fully saturated rings. The summed E-state index contributed by atoms with van der Waals surface area (Å²) >= 11 is 0. The van der Waals surface area contributed by atoms with E-state index in [1.54, 1.807) is 6.07 Å². The number of para-hydroxylation sites is 1. The number of nitrogens with one attached hydrogen (secondary N) is 1. The van der Waals surface area contributed by atoms with Crippen LogP contribution in [-0.4, -0.2) is 35.6 Å². The molecule has 0 aromatic heterocycles. The molecule has 0 saturated heterocycles. The zero-order chi connectivity index (χ0) is 17.4. The van der Waals surface area contributed by atoms with Gasteiger partial charge in [-0.2, -0.15) is 0 Å². The van der Waals surface area contributed by atoms with Crippen molar-refractivity contribution in [2.45, 2.75) is 0 Å². The molecule has 0 unspecified atom stereocenters. The molecule has 0 spiro atoms. The molecule has 1 heterocycles. The van der Waals surface area contributed by atoms with Crippen LogP contribution in [0.4, 0.5) is 5.69 Å². The van der Waals surface area contributed by atoms with E-state index in [0.717, 1.165) is 4.90 Å². The van der Waals surface area contributed by atoms with Gasteiger partial charge in [0.1, 0.15) is 0 Å². The first-order chi connectivity index (χ1) is 11.4. The van der Waals surface area contributed by atoms with E-state index >= 15 is 0 Å². The highest BCUT2D eigenvalue weighted by Crippen LogP contribution is 2.23. The van der Waals surface area contributed by atoms with Crippen molar-refractivity contribution in [1.29, 1.82) is 0 Å². The fraction of sp³-hybridized carbons (Fsp3) is 0.0588. The second kappa shape index (κ2) is 5.62. The Balaban J connectivity index is 1.92. The number of rotatable bonds is 3. The van der Waals surface area contributed by atoms with Crippen LogP contribution in [-0.2, 0) is 0 Å². The Kier molecular flexibility index (Phi) is 3.61. The fourth-order valence-electron chi connectivity index (χ4n) is 2.47. The Hall–Kier alpha value is -3.48. The maximum Gasteiger partial charge on any atom is 0.261 e. The number of nitrogens with zero attached hydrogens (tertiary/aromatic N) is 1. The second-order valence-corrected chi connectivity index (χ2v) is 5.22. The van der Waals surface area contributed by atoms with Crippen LogP contribution in [0.25, 0.3) is 0 Å². The van der Waals surface area contributed by atoms with Crippen molar-refractivity contribution in [3.05, 3.63) is 64.7 Å². The highest BCUT2D eigenvalue weighted by Gasteiger charge is 2.33. The molecule has 7 heteroatoms. The van der Waals surface area contributed by atoms with E-state index in [-0.39, 0.29) is 27.9 Å². The van der Waals surface area contributed by atoms with Gasteiger partial charge in [-0.1, -0.05) is 18.2 Å². The van der Waals surface area contributed by atoms with E-state index in [4.69, 9.17) is 0 Å². The Bertz CT molecular complexity index is 904. The first-order valence-electron chi connectivity index (χ1n) is 6.98. The highest BCUT2D eigenvalue weighted by atomic mass is 16.4. The fourth-order valence-corrected chi connectivity index (χ4v) is 2.47. The quantitative estimate of drug-likeness (QED) is 0.829. The van der Waals surface area contributed by atoms with Crippen LogP contribution in [0, 0.1) is 0 Å². The summed E-state index contributed by atoms with van der Waals surface area (Å²) in [6.07, 6.45) is 0. The molecule has 24 heavy (non-hydrogen) atoms. The summed E-state index contributed by atoms with van der Waals surface area (Å²) in [5, 5.41) is 13.5. The summed E-state index contributed by atoms with van der Waals surface area (Å²) in [5.74, 6) is -2.92. The van der Waals surface area contributed by atoms with Gasteiger partial charge < -0.3 is 15.2 Å². The van der Waals surface area contributed by atoms with E-state index in [1.807, 2.05) is 0 Å². The van der Waals surface area contributed by atoms with E-state index < -0.39 is 23.7 Å². The van der Waals surface area contributed by atoms with Crippen LogP contribution in [0.3, 0.4) is 0 Å². The molecule has 3 rings (SSSR count). The van der Waals surface area contributed by atoms with Crippen LogP contribution in [0.5, 0.6) is 0 Å². The Labute approximate surface area is 136 Å². The third-order valence-corrected chi connectivity index (χ3v) is 3.75. The van der Waals surface area contributed by atoms with Crippen LogP contribution < -0.4 is 10.4 Å². The molecule has 0 saturated carbocycles. The molecular weight excluding hydrogens is 312 g/mol. The monoisotopic (exact) mass is 323 g/mol. The number of amides is 3. The second-order valence-electron chi connectivity index (χ2n) is 5.22. The predicted octanol–water partition coefficient (Wildman–Crippen LogP) is 0.528. The topological polar surface area (TPSA) is 107 Å². The molecule has 7 nitrogen and oxygen atoms in total. The van der Waals surface area contributed by atoms with Gasteiger partial charge in [0.05, 0.1) is 22.8 Å². The number of carbonyl (C=O) groups is 4. The SMILES string of the molecule is CN1C(=O)c2ccc(C(=O)Nc3ccccc3C(=O)[O-])cc2C1=O. The number of hydrogen-bond acceptors (Lipinski definition) is 5. The van der Waals surface area contributed by atoms with Crippen molar-refractivity contribution in [2.24, 2.45) is 0 Å². The first kappa shape index (κ1) is 15.4. The lowest BCUT2D eigenvalue weighted by Crippen LogP contribution is -2.25. The van der Waals surface area contributed by atoms with Crippen molar-refractivity contribution in [3.63, 3.8) is 0 Å². The van der Waals surface area contributed by atoms with Gasteiger partial charge in [-0.25, -0.2) is 0 Å². The molecule has 3 amide bonds. The maximum atomic E-state index is 12.3. The molecule has 0 radical (unpaired) electrons. The van der Waals surface area contributed by atoms with Gasteiger partial charge >= 0.3 is 0 Å². The zero-order valence-corrected chi connectivity index (χ0v) is 12.5. The number of carboxylic acid groups (broad SMARTS) is 1. The number of benzene rings is 2. The number of anilines is 1. The number of aromatic carboxylic acids is 1. The Morgan fingerprint density at radius 3 is 2.38 bits per heavy atom. The molecule has 0 aliphatic carbocycles. The molecular formula is C17H11N2O5-. The van der Waals surface area contributed by atoms with Crippen LogP contribution in [0.2, 0.25) is 0 Å². The standard InChI is InChI=1S/C17H12N2O5/c1-19-15(21)10-7-6-9(8-12(10)16(19)22)14(20)18-13-5-3-2-4-11(13)17(23)24/h2-8H,1H3,(H,18,20)(H,23,24)/p-1. The summed E-state index contributed by atoms with van der Waals surface area (Å²) in [4.78, 5) is 48.2. The number of imide groups is 1. The minimum atomic E-state index is -1.41.